The third kappa shape index (κ3) is 2.08. The molecule has 0 amide bonds. The van der Waals surface area contributed by atoms with Gasteiger partial charge in [-0.1, -0.05) is 19.9 Å². The molecule has 1 N–H and O–H groups in total. The van der Waals surface area contributed by atoms with E-state index in [0.717, 1.165) is 21.4 Å². The van der Waals surface area contributed by atoms with Crippen molar-refractivity contribution in [2.45, 2.75) is 26.3 Å². The van der Waals surface area contributed by atoms with Crippen molar-refractivity contribution in [3.05, 3.63) is 46.5 Å². The number of aromatic nitrogens is 3. The van der Waals surface area contributed by atoms with E-state index in [1.54, 1.807) is 6.07 Å². The summed E-state index contributed by atoms with van der Waals surface area (Å²) in [5.41, 5.74) is 1.99. The van der Waals surface area contributed by atoms with Gasteiger partial charge < -0.3 is 9.51 Å². The number of carboxylic acid groups (broad SMARTS) is 1. The lowest BCUT2D eigenvalue weighted by Gasteiger charge is -2.10. The minimum absolute atomic E-state index is 0.0754. The Balaban J connectivity index is 2.46. The molecule has 21 heavy (non-hydrogen) atoms. The molecule has 0 bridgehead atoms. The van der Waals surface area contributed by atoms with E-state index in [1.807, 2.05) is 42.6 Å². The smallest absolute Gasteiger partial charge is 0.325 e. The first-order chi connectivity index (χ1) is 9.99. The summed E-state index contributed by atoms with van der Waals surface area (Å²) in [6, 6.07) is 7.47. The molecule has 0 aromatic carbocycles. The maximum Gasteiger partial charge on any atom is 0.325 e. The zero-order valence-electron chi connectivity index (χ0n) is 11.8. The maximum atomic E-state index is 12.4. The molecule has 0 aliphatic heterocycles. The van der Waals surface area contributed by atoms with Gasteiger partial charge >= 0.3 is 5.97 Å². The highest BCUT2D eigenvalue weighted by Gasteiger charge is 2.18. The second-order valence-electron chi connectivity index (χ2n) is 5.30. The molecule has 0 atom stereocenters. The second-order valence-corrected chi connectivity index (χ2v) is 5.30. The van der Waals surface area contributed by atoms with E-state index in [4.69, 9.17) is 5.11 Å². The normalized spacial score (nSPS) is 11.6. The van der Waals surface area contributed by atoms with Gasteiger partial charge in [-0.25, -0.2) is 4.68 Å². The molecule has 0 saturated carbocycles. The summed E-state index contributed by atoms with van der Waals surface area (Å²) in [4.78, 5) is 23.3. The zero-order chi connectivity index (χ0) is 15.1. The van der Waals surface area contributed by atoms with Gasteiger partial charge in [-0.15, -0.1) is 0 Å². The van der Waals surface area contributed by atoms with Crippen molar-refractivity contribution in [3.8, 4) is 0 Å². The maximum absolute atomic E-state index is 12.4. The van der Waals surface area contributed by atoms with E-state index in [0.29, 0.717) is 5.39 Å². The van der Waals surface area contributed by atoms with Gasteiger partial charge in [0, 0.05) is 11.7 Å². The van der Waals surface area contributed by atoms with Gasteiger partial charge in [0.15, 0.2) is 0 Å². The summed E-state index contributed by atoms with van der Waals surface area (Å²) in [5.74, 6) is -1.01. The Labute approximate surface area is 120 Å². The van der Waals surface area contributed by atoms with Crippen LogP contribution >= 0.6 is 0 Å². The average Bonchev–Trinajstić information content (AvgIpc) is 2.81. The Morgan fingerprint density at radius 1 is 1.38 bits per heavy atom. The van der Waals surface area contributed by atoms with E-state index < -0.39 is 12.5 Å². The second kappa shape index (κ2) is 4.73. The summed E-state index contributed by atoms with van der Waals surface area (Å²) < 4.78 is 2.95. The van der Waals surface area contributed by atoms with Crippen LogP contribution in [0.15, 0.2) is 35.3 Å². The number of fused-ring (bicyclic) bond motifs is 3. The lowest BCUT2D eigenvalue weighted by Crippen LogP contribution is -2.28. The monoisotopic (exact) mass is 285 g/mol. The average molecular weight is 285 g/mol. The first-order valence-electron chi connectivity index (χ1n) is 6.71. The summed E-state index contributed by atoms with van der Waals surface area (Å²) >= 11 is 0. The fraction of sp³-hybridized carbons (Fsp3) is 0.267. The molecule has 0 radical (unpaired) electrons. The molecule has 3 aromatic rings. The van der Waals surface area contributed by atoms with Crippen LogP contribution in [0.3, 0.4) is 0 Å². The first-order valence-corrected chi connectivity index (χ1v) is 6.71. The molecule has 6 nitrogen and oxygen atoms in total. The van der Waals surface area contributed by atoms with E-state index in [9.17, 15) is 9.59 Å². The lowest BCUT2D eigenvalue weighted by molar-refractivity contribution is -0.138. The van der Waals surface area contributed by atoms with Crippen LogP contribution in [0.1, 0.15) is 25.5 Å². The Morgan fingerprint density at radius 2 is 2.14 bits per heavy atom. The summed E-state index contributed by atoms with van der Waals surface area (Å²) in [6.45, 7) is 3.51. The van der Waals surface area contributed by atoms with Crippen LogP contribution in [-0.2, 0) is 11.3 Å². The van der Waals surface area contributed by atoms with Crippen molar-refractivity contribution >= 4 is 22.4 Å². The largest absolute Gasteiger partial charge is 0.480 e. The highest BCUT2D eigenvalue weighted by molar-refractivity contribution is 5.88. The van der Waals surface area contributed by atoms with Gasteiger partial charge in [-0.05, 0) is 24.1 Å². The van der Waals surface area contributed by atoms with Gasteiger partial charge in [0.1, 0.15) is 6.54 Å². The van der Waals surface area contributed by atoms with Crippen LogP contribution in [-0.4, -0.2) is 25.3 Å². The third-order valence-corrected chi connectivity index (χ3v) is 3.45. The fourth-order valence-electron chi connectivity index (χ4n) is 2.53. The molecule has 108 valence electrons. The van der Waals surface area contributed by atoms with Gasteiger partial charge in [-0.2, -0.15) is 5.10 Å². The Hall–Kier alpha value is -2.63. The van der Waals surface area contributed by atoms with Gasteiger partial charge in [0.25, 0.3) is 5.56 Å². The molecule has 6 heteroatoms. The molecule has 0 unspecified atom stereocenters. The molecule has 0 aliphatic rings. The van der Waals surface area contributed by atoms with Crippen LogP contribution in [0.2, 0.25) is 0 Å². The van der Waals surface area contributed by atoms with Crippen molar-refractivity contribution in [3.63, 3.8) is 0 Å². The predicted molar refractivity (Wildman–Crippen MR) is 78.7 cm³/mol. The van der Waals surface area contributed by atoms with Crippen molar-refractivity contribution in [1.82, 2.24) is 14.2 Å². The number of nitrogens with zero attached hydrogens (tertiary/aromatic N) is 3. The number of carbonyl (C=O) groups is 1. The minimum Gasteiger partial charge on any atom is -0.480 e. The Bertz CT molecular complexity index is 906. The number of aliphatic carboxylic acids is 1. The van der Waals surface area contributed by atoms with Crippen molar-refractivity contribution in [2.75, 3.05) is 0 Å². The highest BCUT2D eigenvalue weighted by atomic mass is 16.4. The predicted octanol–water partition coefficient (Wildman–Crippen LogP) is 1.86. The molecule has 3 heterocycles. The Morgan fingerprint density at radius 3 is 2.81 bits per heavy atom. The van der Waals surface area contributed by atoms with Crippen molar-refractivity contribution in [1.29, 1.82) is 0 Å². The molecule has 0 spiro atoms. The van der Waals surface area contributed by atoms with Crippen LogP contribution in [0, 0.1) is 0 Å². The fourth-order valence-corrected chi connectivity index (χ4v) is 2.53. The highest BCUT2D eigenvalue weighted by Crippen LogP contribution is 2.24. The molecule has 3 aromatic heterocycles. The molecular weight excluding hydrogens is 270 g/mol. The summed E-state index contributed by atoms with van der Waals surface area (Å²) in [6.07, 6.45) is 1.88. The van der Waals surface area contributed by atoms with E-state index >= 15 is 0 Å². The topological polar surface area (TPSA) is 76.6 Å². The van der Waals surface area contributed by atoms with Crippen LogP contribution in [0.4, 0.5) is 0 Å². The van der Waals surface area contributed by atoms with Gasteiger partial charge in [0.05, 0.1) is 16.6 Å². The number of hydrogen-bond donors (Lipinski definition) is 1. The summed E-state index contributed by atoms with van der Waals surface area (Å²) in [7, 11) is 0. The van der Waals surface area contributed by atoms with E-state index in [-0.39, 0.29) is 11.5 Å². The van der Waals surface area contributed by atoms with Crippen LogP contribution in [0.25, 0.3) is 16.4 Å². The third-order valence-electron chi connectivity index (χ3n) is 3.45. The molecule has 0 saturated heterocycles. The molecule has 3 rings (SSSR count). The van der Waals surface area contributed by atoms with Crippen LogP contribution in [0.5, 0.6) is 0 Å². The molecule has 0 aliphatic carbocycles. The van der Waals surface area contributed by atoms with Gasteiger partial charge in [0.2, 0.25) is 0 Å². The first kappa shape index (κ1) is 13.4. The van der Waals surface area contributed by atoms with E-state index in [2.05, 4.69) is 5.10 Å². The van der Waals surface area contributed by atoms with Crippen LogP contribution < -0.4 is 5.56 Å². The zero-order valence-corrected chi connectivity index (χ0v) is 11.8. The molecular formula is C15H15N3O3. The van der Waals surface area contributed by atoms with Gasteiger partial charge in [-0.3, -0.25) is 9.59 Å². The van der Waals surface area contributed by atoms with Crippen molar-refractivity contribution in [2.24, 2.45) is 0 Å². The lowest BCUT2D eigenvalue weighted by atomic mass is 10.1. The molecule has 0 fully saturated rings. The SMILES string of the molecule is CC(C)c1nn(CC(=O)O)c(=O)c2cc3ccccn3c12. The van der Waals surface area contributed by atoms with Crippen molar-refractivity contribution < 1.29 is 9.90 Å². The number of hydrogen-bond acceptors (Lipinski definition) is 3. The minimum atomic E-state index is -1.08. The Kier molecular flexibility index (Phi) is 3.01. The van der Waals surface area contributed by atoms with E-state index in [1.165, 1.54) is 0 Å². The number of carboxylic acids is 1. The number of rotatable bonds is 3. The summed E-state index contributed by atoms with van der Waals surface area (Å²) in [5, 5.41) is 13.7. The quantitative estimate of drug-likeness (QED) is 0.797. The number of pyridine rings is 1. The standard InChI is InChI=1S/C15H15N3O3/c1-9(2)13-14-11(7-10-5-3-4-6-17(10)14)15(21)18(16-13)8-12(19)20/h3-7,9H,8H2,1-2H3,(H,19,20).